The maximum atomic E-state index is 9.98. The van der Waals surface area contributed by atoms with Crippen LogP contribution in [0.1, 0.15) is 5.01 Å². The molecule has 1 aromatic rings. The van der Waals surface area contributed by atoms with Crippen molar-refractivity contribution in [3.05, 3.63) is 10.4 Å². The average molecular weight is 174 g/mol. The van der Waals surface area contributed by atoms with Gasteiger partial charge in [-0.2, -0.15) is 0 Å². The van der Waals surface area contributed by atoms with Crippen LogP contribution in [0.4, 0.5) is 4.79 Å². The van der Waals surface area contributed by atoms with Gasteiger partial charge in [-0.15, -0.1) is 11.3 Å². The van der Waals surface area contributed by atoms with E-state index in [0.717, 1.165) is 0 Å². The van der Waals surface area contributed by atoms with Gasteiger partial charge in [0.15, 0.2) is 0 Å². The Kier molecular flexibility index (Phi) is 2.40. The summed E-state index contributed by atoms with van der Waals surface area (Å²) in [5, 5.41) is 10.3. The Morgan fingerprint density at radius 1 is 1.91 bits per heavy atom. The van der Waals surface area contributed by atoms with Crippen LogP contribution >= 0.6 is 11.3 Å². The summed E-state index contributed by atoms with van der Waals surface area (Å²) < 4.78 is 4.26. The highest BCUT2D eigenvalue weighted by atomic mass is 32.1. The molecule has 5 nitrogen and oxygen atoms in total. The number of hydrogen-bond donors (Lipinski definition) is 2. The fourth-order valence-electron chi connectivity index (χ4n) is 0.524. The summed E-state index contributed by atoms with van der Waals surface area (Å²) in [4.78, 5) is 13.7. The van der Waals surface area contributed by atoms with E-state index in [4.69, 9.17) is 10.8 Å². The lowest BCUT2D eigenvalue weighted by molar-refractivity contribution is 0.143. The maximum absolute atomic E-state index is 9.98. The predicted molar refractivity (Wildman–Crippen MR) is 38.7 cm³/mol. The lowest BCUT2D eigenvalue weighted by Gasteiger charge is -1.90. The van der Waals surface area contributed by atoms with Gasteiger partial charge in [-0.05, 0) is 0 Å². The summed E-state index contributed by atoms with van der Waals surface area (Å²) in [5.41, 5.74) is 5.24. The first-order valence-corrected chi connectivity index (χ1v) is 3.65. The molecule has 0 radical (unpaired) electrons. The van der Waals surface area contributed by atoms with Gasteiger partial charge in [0.2, 0.25) is 5.88 Å². The molecule has 1 rings (SSSR count). The van der Waals surface area contributed by atoms with Crippen LogP contribution in [0.5, 0.6) is 5.88 Å². The number of rotatable bonds is 2. The van der Waals surface area contributed by atoms with Crippen LogP contribution in [0.3, 0.4) is 0 Å². The van der Waals surface area contributed by atoms with E-state index in [0.29, 0.717) is 11.6 Å². The molecule has 0 amide bonds. The zero-order valence-corrected chi connectivity index (χ0v) is 6.30. The van der Waals surface area contributed by atoms with E-state index in [1.807, 2.05) is 0 Å². The number of thiazole rings is 1. The van der Waals surface area contributed by atoms with Crippen molar-refractivity contribution in [1.29, 1.82) is 0 Å². The van der Waals surface area contributed by atoms with Crippen molar-refractivity contribution in [2.24, 2.45) is 5.73 Å². The number of carbonyl (C=O) groups is 1. The number of hydrogen-bond acceptors (Lipinski definition) is 5. The smallest absolute Gasteiger partial charge is 0.449 e. The summed E-state index contributed by atoms with van der Waals surface area (Å²) in [6.45, 7) is 0.299. The molecular weight excluding hydrogens is 168 g/mol. The molecule has 3 N–H and O–H groups in total. The second-order valence-corrected chi connectivity index (χ2v) is 2.59. The van der Waals surface area contributed by atoms with Gasteiger partial charge in [0.25, 0.3) is 0 Å². The minimum atomic E-state index is -1.36. The zero-order chi connectivity index (χ0) is 8.27. The number of ether oxygens (including phenoxy) is 1. The standard InChI is InChI=1S/C5H6N2O3S/c6-1-4-7-3(2-11-4)10-5(8)9/h2H,1,6H2,(H,8,9). The minimum absolute atomic E-state index is 0.0861. The van der Waals surface area contributed by atoms with Gasteiger partial charge in [0.1, 0.15) is 5.01 Å². The highest BCUT2D eigenvalue weighted by Crippen LogP contribution is 2.15. The van der Waals surface area contributed by atoms with Gasteiger partial charge < -0.3 is 15.6 Å². The Morgan fingerprint density at radius 2 is 2.64 bits per heavy atom. The molecule has 0 atom stereocenters. The third-order valence-electron chi connectivity index (χ3n) is 0.897. The second kappa shape index (κ2) is 3.31. The molecule has 11 heavy (non-hydrogen) atoms. The molecule has 0 bridgehead atoms. The zero-order valence-electron chi connectivity index (χ0n) is 5.48. The fraction of sp³-hybridized carbons (Fsp3) is 0.200. The molecule has 0 aromatic carbocycles. The van der Waals surface area contributed by atoms with Gasteiger partial charge in [0, 0.05) is 6.54 Å². The highest BCUT2D eigenvalue weighted by Gasteiger charge is 2.04. The normalized spacial score (nSPS) is 9.55. The van der Waals surface area contributed by atoms with Gasteiger partial charge in [-0.1, -0.05) is 0 Å². The van der Waals surface area contributed by atoms with Crippen LogP contribution in [-0.2, 0) is 6.54 Å². The molecule has 0 aliphatic heterocycles. The quantitative estimate of drug-likeness (QED) is 0.643. The molecule has 1 heterocycles. The summed E-state index contributed by atoms with van der Waals surface area (Å²) in [6, 6.07) is 0. The van der Waals surface area contributed by atoms with Crippen molar-refractivity contribution in [3.8, 4) is 5.88 Å². The van der Waals surface area contributed by atoms with Crippen LogP contribution in [-0.4, -0.2) is 16.2 Å². The Morgan fingerprint density at radius 3 is 3.09 bits per heavy atom. The van der Waals surface area contributed by atoms with Crippen LogP contribution in [0.15, 0.2) is 5.38 Å². The molecule has 0 aliphatic carbocycles. The number of nitrogens with zero attached hydrogens (tertiary/aromatic N) is 1. The van der Waals surface area contributed by atoms with Crippen molar-refractivity contribution in [1.82, 2.24) is 4.98 Å². The van der Waals surface area contributed by atoms with E-state index in [-0.39, 0.29) is 5.88 Å². The van der Waals surface area contributed by atoms with Gasteiger partial charge in [-0.25, -0.2) is 9.78 Å². The Hall–Kier alpha value is -1.14. The summed E-state index contributed by atoms with van der Waals surface area (Å²) in [7, 11) is 0. The molecule has 0 unspecified atom stereocenters. The summed E-state index contributed by atoms with van der Waals surface area (Å²) in [5.74, 6) is 0.0861. The molecule has 0 aliphatic rings. The van der Waals surface area contributed by atoms with Gasteiger partial charge in [0.05, 0.1) is 5.38 Å². The molecule has 0 saturated heterocycles. The second-order valence-electron chi connectivity index (χ2n) is 1.65. The first-order chi connectivity index (χ1) is 5.22. The summed E-state index contributed by atoms with van der Waals surface area (Å²) in [6.07, 6.45) is -1.36. The van der Waals surface area contributed by atoms with Crippen LogP contribution in [0, 0.1) is 0 Å². The van der Waals surface area contributed by atoms with Crippen molar-refractivity contribution < 1.29 is 14.6 Å². The van der Waals surface area contributed by atoms with Crippen molar-refractivity contribution in [2.75, 3.05) is 0 Å². The average Bonchev–Trinajstić information content (AvgIpc) is 2.34. The third kappa shape index (κ3) is 2.17. The van der Waals surface area contributed by atoms with Crippen molar-refractivity contribution in [3.63, 3.8) is 0 Å². The first-order valence-electron chi connectivity index (χ1n) is 2.77. The topological polar surface area (TPSA) is 85.4 Å². The third-order valence-corrected chi connectivity index (χ3v) is 1.75. The minimum Gasteiger partial charge on any atom is -0.449 e. The van der Waals surface area contributed by atoms with Crippen LogP contribution < -0.4 is 10.5 Å². The van der Waals surface area contributed by atoms with Crippen molar-refractivity contribution in [2.45, 2.75) is 6.54 Å². The molecule has 0 spiro atoms. The molecule has 1 aromatic heterocycles. The number of carboxylic acid groups (broad SMARTS) is 1. The molecular formula is C5H6N2O3S. The molecule has 0 fully saturated rings. The number of aromatic nitrogens is 1. The van der Waals surface area contributed by atoms with Crippen LogP contribution in [0.25, 0.3) is 0 Å². The highest BCUT2D eigenvalue weighted by molar-refractivity contribution is 7.09. The summed E-state index contributed by atoms with van der Waals surface area (Å²) >= 11 is 1.27. The van der Waals surface area contributed by atoms with E-state index >= 15 is 0 Å². The lowest BCUT2D eigenvalue weighted by Crippen LogP contribution is -2.03. The van der Waals surface area contributed by atoms with E-state index < -0.39 is 6.16 Å². The molecule has 60 valence electrons. The Bertz CT molecular complexity index is 260. The predicted octanol–water partition coefficient (Wildman–Crippen LogP) is 0.659. The van der Waals surface area contributed by atoms with E-state index in [2.05, 4.69) is 9.72 Å². The first kappa shape index (κ1) is 7.96. The fourth-order valence-corrected chi connectivity index (χ4v) is 1.10. The molecule has 6 heteroatoms. The van der Waals surface area contributed by atoms with E-state index in [1.165, 1.54) is 16.7 Å². The largest absolute Gasteiger partial charge is 0.512 e. The SMILES string of the molecule is NCc1nc(OC(=O)O)cs1. The van der Waals surface area contributed by atoms with Gasteiger partial charge >= 0.3 is 6.16 Å². The van der Waals surface area contributed by atoms with Crippen LogP contribution in [0.2, 0.25) is 0 Å². The maximum Gasteiger partial charge on any atom is 0.512 e. The monoisotopic (exact) mass is 174 g/mol. The molecule has 0 saturated carbocycles. The van der Waals surface area contributed by atoms with Crippen molar-refractivity contribution >= 4 is 17.5 Å². The van der Waals surface area contributed by atoms with E-state index in [9.17, 15) is 4.79 Å². The Labute approximate surface area is 66.4 Å². The van der Waals surface area contributed by atoms with E-state index in [1.54, 1.807) is 0 Å². The Balaban J connectivity index is 2.65. The van der Waals surface area contributed by atoms with Gasteiger partial charge in [-0.3, -0.25) is 0 Å². The number of nitrogens with two attached hydrogens (primary N) is 1. The lowest BCUT2D eigenvalue weighted by atomic mass is 10.7.